The number of nitrogens with zero attached hydrogens (tertiary/aromatic N) is 3. The number of aryl methyl sites for hydroxylation is 1. The van der Waals surface area contributed by atoms with Crippen molar-refractivity contribution in [1.82, 2.24) is 14.3 Å². The molecule has 196 valence electrons. The summed E-state index contributed by atoms with van der Waals surface area (Å²) in [7, 11) is -3.92. The maximum Gasteiger partial charge on any atom is 0.255 e. The van der Waals surface area contributed by atoms with Crippen LogP contribution in [0.5, 0.6) is 0 Å². The number of hydrazone groups is 1. The highest BCUT2D eigenvalue weighted by molar-refractivity contribution is 7.89. The van der Waals surface area contributed by atoms with Gasteiger partial charge in [-0.25, -0.2) is 13.8 Å². The topological polar surface area (TPSA) is 83.8 Å². The third-order valence-electron chi connectivity index (χ3n) is 5.93. The number of nitrogens with one attached hydrogen (secondary N) is 1. The number of hydrogen-bond donors (Lipinski definition) is 1. The minimum atomic E-state index is -3.92. The molecule has 1 amide bonds. The van der Waals surface area contributed by atoms with Crippen LogP contribution in [-0.2, 0) is 21.4 Å². The molecule has 10 heteroatoms. The summed E-state index contributed by atoms with van der Waals surface area (Å²) in [5.74, 6) is -0.560. The van der Waals surface area contributed by atoms with Gasteiger partial charge in [0.1, 0.15) is 0 Å². The van der Waals surface area contributed by atoms with Crippen LogP contribution in [0.3, 0.4) is 0 Å². The molecule has 0 bridgehead atoms. The van der Waals surface area contributed by atoms with Crippen molar-refractivity contribution in [3.63, 3.8) is 0 Å². The van der Waals surface area contributed by atoms with Crippen molar-refractivity contribution in [3.05, 3.63) is 117 Å². The Morgan fingerprint density at radius 2 is 1.61 bits per heavy atom. The number of carbonyl (C=O) groups excluding carboxylic acids is 1. The van der Waals surface area contributed by atoms with E-state index in [-0.39, 0.29) is 11.4 Å². The molecule has 38 heavy (non-hydrogen) atoms. The first-order chi connectivity index (χ1) is 18.2. The van der Waals surface area contributed by atoms with E-state index in [2.05, 4.69) is 10.5 Å². The van der Waals surface area contributed by atoms with Gasteiger partial charge in [0.05, 0.1) is 27.7 Å². The van der Waals surface area contributed by atoms with Gasteiger partial charge in [-0.05, 0) is 55.8 Å². The van der Waals surface area contributed by atoms with Crippen LogP contribution in [0.25, 0.3) is 5.69 Å². The molecule has 1 heterocycles. The van der Waals surface area contributed by atoms with E-state index in [1.807, 2.05) is 60.9 Å². The largest absolute Gasteiger partial charge is 0.318 e. The maximum absolute atomic E-state index is 13.3. The van der Waals surface area contributed by atoms with Crippen molar-refractivity contribution in [2.45, 2.75) is 25.3 Å². The van der Waals surface area contributed by atoms with Crippen LogP contribution in [0.4, 0.5) is 0 Å². The van der Waals surface area contributed by atoms with Gasteiger partial charge in [-0.2, -0.15) is 9.41 Å². The van der Waals surface area contributed by atoms with Crippen LogP contribution in [0.2, 0.25) is 10.0 Å². The smallest absolute Gasteiger partial charge is 0.255 e. The van der Waals surface area contributed by atoms with E-state index in [1.165, 1.54) is 18.3 Å². The Morgan fingerprint density at radius 1 is 0.947 bits per heavy atom. The number of rotatable bonds is 9. The predicted molar refractivity (Wildman–Crippen MR) is 151 cm³/mol. The number of carbonyl (C=O) groups is 1. The first kappa shape index (κ1) is 27.6. The van der Waals surface area contributed by atoms with E-state index < -0.39 is 22.5 Å². The van der Waals surface area contributed by atoms with Crippen LogP contribution < -0.4 is 5.43 Å². The van der Waals surface area contributed by atoms with Crippen molar-refractivity contribution in [2.24, 2.45) is 5.10 Å². The Kier molecular flexibility index (Phi) is 8.69. The average Bonchev–Trinajstić information content (AvgIpc) is 3.19. The minimum Gasteiger partial charge on any atom is -0.318 e. The first-order valence-electron chi connectivity index (χ1n) is 11.7. The highest BCUT2D eigenvalue weighted by atomic mass is 35.5. The second kappa shape index (κ2) is 12.0. The van der Waals surface area contributed by atoms with Crippen molar-refractivity contribution in [3.8, 4) is 5.69 Å². The lowest BCUT2D eigenvalue weighted by Crippen LogP contribution is -2.39. The molecular weight excluding hydrogens is 543 g/mol. The van der Waals surface area contributed by atoms with Crippen molar-refractivity contribution >= 4 is 45.3 Å². The van der Waals surface area contributed by atoms with Gasteiger partial charge in [-0.15, -0.1) is 0 Å². The molecule has 3 aromatic carbocycles. The molecule has 0 unspecified atom stereocenters. The molecule has 0 spiro atoms. The molecule has 0 atom stereocenters. The Labute approximate surface area is 232 Å². The molecule has 4 aromatic rings. The normalized spacial score (nSPS) is 11.8. The summed E-state index contributed by atoms with van der Waals surface area (Å²) in [6, 6.07) is 24.5. The third kappa shape index (κ3) is 6.34. The van der Waals surface area contributed by atoms with E-state index in [4.69, 9.17) is 23.2 Å². The zero-order valence-corrected chi connectivity index (χ0v) is 23.1. The second-order valence-corrected chi connectivity index (χ2v) is 11.4. The summed E-state index contributed by atoms with van der Waals surface area (Å²) in [6.45, 7) is 3.51. The molecule has 0 saturated carbocycles. The molecular formula is C28H26Cl2N4O3S. The van der Waals surface area contributed by atoms with Gasteiger partial charge in [0.2, 0.25) is 10.0 Å². The summed E-state index contributed by atoms with van der Waals surface area (Å²) >= 11 is 12.2. The summed E-state index contributed by atoms with van der Waals surface area (Å²) in [5, 5.41) is 5.01. The Morgan fingerprint density at radius 3 is 2.26 bits per heavy atom. The van der Waals surface area contributed by atoms with Crippen LogP contribution >= 0.6 is 23.2 Å². The number of amides is 1. The van der Waals surface area contributed by atoms with Crippen LogP contribution in [0.15, 0.2) is 94.9 Å². The molecule has 0 radical (unpaired) electrons. The Bertz CT molecular complexity index is 1570. The standard InChI is InChI=1S/C28H26Cl2N4O3S/c1-20-15-23(21(2)34(20)24-13-14-26(29)27(30)16-24)17-31-32-28(35)19-33(18-22-9-5-3-6-10-22)38(36,37)25-11-7-4-8-12-25/h3-17H,18-19H2,1-2H3,(H,32,35)/b31-17+. The molecule has 0 fully saturated rings. The number of benzene rings is 3. The summed E-state index contributed by atoms with van der Waals surface area (Å²) in [5.41, 5.74) is 6.68. The van der Waals surface area contributed by atoms with Crippen LogP contribution in [0, 0.1) is 13.8 Å². The number of hydrogen-bond acceptors (Lipinski definition) is 4. The van der Waals surface area contributed by atoms with Gasteiger partial charge in [-0.3, -0.25) is 4.79 Å². The van der Waals surface area contributed by atoms with Gasteiger partial charge in [-0.1, -0.05) is 71.7 Å². The zero-order valence-electron chi connectivity index (χ0n) is 20.8. The lowest BCUT2D eigenvalue weighted by Gasteiger charge is -2.21. The molecule has 0 aliphatic carbocycles. The maximum atomic E-state index is 13.3. The van der Waals surface area contributed by atoms with Gasteiger partial charge in [0.15, 0.2) is 0 Å². The van der Waals surface area contributed by atoms with Crippen LogP contribution in [-0.4, -0.2) is 36.0 Å². The van der Waals surface area contributed by atoms with E-state index in [0.29, 0.717) is 10.0 Å². The van der Waals surface area contributed by atoms with E-state index >= 15 is 0 Å². The summed E-state index contributed by atoms with van der Waals surface area (Å²) in [4.78, 5) is 12.9. The molecule has 4 rings (SSSR count). The van der Waals surface area contributed by atoms with Gasteiger partial charge in [0, 0.05) is 29.2 Å². The monoisotopic (exact) mass is 568 g/mol. The van der Waals surface area contributed by atoms with Gasteiger partial charge in [0.25, 0.3) is 5.91 Å². The summed E-state index contributed by atoms with van der Waals surface area (Å²) < 4.78 is 29.8. The predicted octanol–water partition coefficient (Wildman–Crippen LogP) is 5.74. The van der Waals surface area contributed by atoms with Crippen molar-refractivity contribution < 1.29 is 13.2 Å². The highest BCUT2D eigenvalue weighted by Crippen LogP contribution is 2.27. The lowest BCUT2D eigenvalue weighted by atomic mass is 10.2. The second-order valence-electron chi connectivity index (χ2n) is 8.63. The molecule has 0 aliphatic rings. The first-order valence-corrected chi connectivity index (χ1v) is 13.9. The van der Waals surface area contributed by atoms with Crippen molar-refractivity contribution in [1.29, 1.82) is 0 Å². The highest BCUT2D eigenvalue weighted by Gasteiger charge is 2.26. The number of sulfonamides is 1. The number of halogens is 2. The Hall–Kier alpha value is -3.43. The lowest BCUT2D eigenvalue weighted by molar-refractivity contribution is -0.121. The average molecular weight is 570 g/mol. The zero-order chi connectivity index (χ0) is 27.3. The quantitative estimate of drug-likeness (QED) is 0.206. The Balaban J connectivity index is 1.51. The fourth-order valence-corrected chi connectivity index (χ4v) is 5.76. The minimum absolute atomic E-state index is 0.0417. The molecule has 7 nitrogen and oxygen atoms in total. The molecule has 1 N–H and O–H groups in total. The number of aromatic nitrogens is 1. The molecule has 0 aliphatic heterocycles. The fraction of sp³-hybridized carbons (Fsp3) is 0.143. The SMILES string of the molecule is Cc1cc(/C=N/NC(=O)CN(Cc2ccccc2)S(=O)(=O)c2ccccc2)c(C)n1-c1ccc(Cl)c(Cl)c1. The van der Waals surface area contributed by atoms with Gasteiger partial charge >= 0.3 is 0 Å². The van der Waals surface area contributed by atoms with E-state index in [1.54, 1.807) is 30.3 Å². The summed E-state index contributed by atoms with van der Waals surface area (Å²) in [6.07, 6.45) is 1.53. The fourth-order valence-electron chi connectivity index (χ4n) is 4.06. The van der Waals surface area contributed by atoms with E-state index in [0.717, 1.165) is 32.5 Å². The van der Waals surface area contributed by atoms with Crippen molar-refractivity contribution in [2.75, 3.05) is 6.54 Å². The third-order valence-corrected chi connectivity index (χ3v) is 8.47. The van der Waals surface area contributed by atoms with Crippen LogP contribution in [0.1, 0.15) is 22.5 Å². The van der Waals surface area contributed by atoms with Gasteiger partial charge < -0.3 is 4.57 Å². The molecule has 1 aromatic heterocycles. The van der Waals surface area contributed by atoms with E-state index in [9.17, 15) is 13.2 Å². The molecule has 0 saturated heterocycles.